The monoisotopic (exact) mass is 251 g/mol. The number of carbonyl (C=O) groups is 1. The fraction of sp³-hybridized carbons (Fsp3) is 0.462. The van der Waals surface area contributed by atoms with Crippen LogP contribution < -0.4 is 14.8 Å². The molecule has 18 heavy (non-hydrogen) atoms. The van der Waals surface area contributed by atoms with Crippen molar-refractivity contribution in [2.45, 2.75) is 25.8 Å². The summed E-state index contributed by atoms with van der Waals surface area (Å²) >= 11 is 0. The highest BCUT2D eigenvalue weighted by Gasteiger charge is 2.22. The molecule has 1 aromatic rings. The number of nitrogens with one attached hydrogen (secondary N) is 1. The third-order valence-electron chi connectivity index (χ3n) is 2.82. The number of aliphatic hydroxyl groups is 1. The summed E-state index contributed by atoms with van der Waals surface area (Å²) in [5, 5.41) is 11.8. The van der Waals surface area contributed by atoms with E-state index in [1.54, 1.807) is 18.2 Å². The van der Waals surface area contributed by atoms with Crippen LogP contribution in [0.15, 0.2) is 18.2 Å². The van der Waals surface area contributed by atoms with E-state index in [0.29, 0.717) is 23.5 Å². The second kappa shape index (κ2) is 4.86. The van der Waals surface area contributed by atoms with Gasteiger partial charge in [0.05, 0.1) is 0 Å². The van der Waals surface area contributed by atoms with E-state index in [2.05, 4.69) is 5.32 Å². The minimum atomic E-state index is -0.442. The van der Waals surface area contributed by atoms with Gasteiger partial charge in [0.2, 0.25) is 6.79 Å². The van der Waals surface area contributed by atoms with Crippen LogP contribution in [0.3, 0.4) is 0 Å². The molecule has 0 spiro atoms. The minimum absolute atomic E-state index is 0.0361. The molecule has 2 rings (SSSR count). The van der Waals surface area contributed by atoms with Gasteiger partial charge in [-0.25, -0.2) is 0 Å². The first-order valence-electron chi connectivity index (χ1n) is 5.85. The molecule has 5 heteroatoms. The molecule has 0 saturated heterocycles. The molecule has 1 aromatic carbocycles. The van der Waals surface area contributed by atoms with Gasteiger partial charge in [-0.15, -0.1) is 0 Å². The molecule has 98 valence electrons. The van der Waals surface area contributed by atoms with Gasteiger partial charge in [0.15, 0.2) is 11.5 Å². The average Bonchev–Trinajstić information content (AvgIpc) is 2.74. The third-order valence-corrected chi connectivity index (χ3v) is 2.82. The molecule has 1 heterocycles. The van der Waals surface area contributed by atoms with Crippen molar-refractivity contribution in [1.29, 1.82) is 0 Å². The quantitative estimate of drug-likeness (QED) is 0.846. The van der Waals surface area contributed by atoms with E-state index in [1.807, 2.05) is 13.8 Å². The van der Waals surface area contributed by atoms with Crippen LogP contribution in [0.1, 0.15) is 30.6 Å². The second-order valence-corrected chi connectivity index (χ2v) is 4.88. The van der Waals surface area contributed by atoms with Gasteiger partial charge in [-0.05, 0) is 38.5 Å². The van der Waals surface area contributed by atoms with Gasteiger partial charge in [0.1, 0.15) is 0 Å². The minimum Gasteiger partial charge on any atom is -0.454 e. The maximum atomic E-state index is 12.0. The Kier molecular flexibility index (Phi) is 3.43. The van der Waals surface area contributed by atoms with Crippen LogP contribution in [0.4, 0.5) is 0 Å². The van der Waals surface area contributed by atoms with E-state index in [-0.39, 0.29) is 19.3 Å². The van der Waals surface area contributed by atoms with Crippen molar-refractivity contribution < 1.29 is 19.4 Å². The van der Waals surface area contributed by atoms with Crippen molar-refractivity contribution in [3.63, 3.8) is 0 Å². The lowest BCUT2D eigenvalue weighted by molar-refractivity contribution is 0.0899. The summed E-state index contributed by atoms with van der Waals surface area (Å²) in [5.41, 5.74) is 0.0765. The topological polar surface area (TPSA) is 67.8 Å². The lowest BCUT2D eigenvalue weighted by Crippen LogP contribution is -2.44. The van der Waals surface area contributed by atoms with Crippen molar-refractivity contribution >= 4 is 5.91 Å². The Morgan fingerprint density at radius 2 is 2.11 bits per heavy atom. The number of amides is 1. The normalized spacial score (nSPS) is 13.5. The number of hydrogen-bond acceptors (Lipinski definition) is 4. The Hall–Kier alpha value is -1.75. The maximum absolute atomic E-state index is 12.0. The summed E-state index contributed by atoms with van der Waals surface area (Å²) in [6.45, 7) is 3.97. The zero-order chi connectivity index (χ0) is 13.2. The largest absolute Gasteiger partial charge is 0.454 e. The number of carbonyl (C=O) groups excluding carboxylic acids is 1. The van der Waals surface area contributed by atoms with Gasteiger partial charge in [-0.1, -0.05) is 0 Å². The Morgan fingerprint density at radius 1 is 1.39 bits per heavy atom. The van der Waals surface area contributed by atoms with E-state index in [9.17, 15) is 4.79 Å². The van der Waals surface area contributed by atoms with E-state index >= 15 is 0 Å². The molecular formula is C13H17NO4. The summed E-state index contributed by atoms with van der Waals surface area (Å²) in [7, 11) is 0. The van der Waals surface area contributed by atoms with E-state index in [4.69, 9.17) is 14.6 Å². The van der Waals surface area contributed by atoms with E-state index < -0.39 is 5.54 Å². The molecule has 2 N–H and O–H groups in total. The molecule has 1 aliphatic rings. The van der Waals surface area contributed by atoms with E-state index in [1.165, 1.54) is 0 Å². The van der Waals surface area contributed by atoms with Crippen molar-refractivity contribution in [3.8, 4) is 11.5 Å². The molecule has 0 atom stereocenters. The Bertz CT molecular complexity index is 456. The first-order valence-corrected chi connectivity index (χ1v) is 5.85. The van der Waals surface area contributed by atoms with Crippen molar-refractivity contribution in [2.24, 2.45) is 0 Å². The van der Waals surface area contributed by atoms with Crippen LogP contribution in [0.2, 0.25) is 0 Å². The lowest BCUT2D eigenvalue weighted by atomic mass is 10.0. The number of ether oxygens (including phenoxy) is 2. The van der Waals surface area contributed by atoms with Crippen LogP contribution in [-0.2, 0) is 0 Å². The number of benzene rings is 1. The molecule has 0 unspecified atom stereocenters. The first-order chi connectivity index (χ1) is 8.52. The van der Waals surface area contributed by atoms with Gasteiger partial charge in [0, 0.05) is 17.7 Å². The smallest absolute Gasteiger partial charge is 0.251 e. The summed E-state index contributed by atoms with van der Waals surface area (Å²) < 4.78 is 10.4. The molecule has 5 nitrogen and oxygen atoms in total. The standard InChI is InChI=1S/C13H17NO4/c1-13(2,5-6-15)14-12(16)9-3-4-10-11(7-9)18-8-17-10/h3-4,7,15H,5-6,8H2,1-2H3,(H,14,16). The molecule has 1 aliphatic heterocycles. The zero-order valence-corrected chi connectivity index (χ0v) is 10.5. The van der Waals surface area contributed by atoms with E-state index in [0.717, 1.165) is 0 Å². The predicted molar refractivity (Wildman–Crippen MR) is 65.8 cm³/mol. The van der Waals surface area contributed by atoms with Gasteiger partial charge in [0.25, 0.3) is 5.91 Å². The van der Waals surface area contributed by atoms with Crippen LogP contribution in [-0.4, -0.2) is 30.0 Å². The van der Waals surface area contributed by atoms with Gasteiger partial charge >= 0.3 is 0 Å². The van der Waals surface area contributed by atoms with Crippen molar-refractivity contribution in [3.05, 3.63) is 23.8 Å². The molecule has 1 amide bonds. The zero-order valence-electron chi connectivity index (χ0n) is 10.5. The molecule has 0 fully saturated rings. The third kappa shape index (κ3) is 2.73. The fourth-order valence-corrected chi connectivity index (χ4v) is 1.76. The summed E-state index contributed by atoms with van der Waals surface area (Å²) in [4.78, 5) is 12.0. The maximum Gasteiger partial charge on any atom is 0.251 e. The SMILES string of the molecule is CC(C)(CCO)NC(=O)c1ccc2c(c1)OCO2. The van der Waals surface area contributed by atoms with Gasteiger partial charge in [-0.2, -0.15) is 0 Å². The Morgan fingerprint density at radius 3 is 2.83 bits per heavy atom. The molecule has 0 aromatic heterocycles. The summed E-state index contributed by atoms with van der Waals surface area (Å²) in [5.74, 6) is 1.05. The molecule has 0 bridgehead atoms. The number of hydrogen-bond donors (Lipinski definition) is 2. The van der Waals surface area contributed by atoms with Gasteiger partial charge < -0.3 is 19.9 Å². The van der Waals surface area contributed by atoms with Crippen molar-refractivity contribution in [1.82, 2.24) is 5.32 Å². The molecular weight excluding hydrogens is 234 g/mol. The Labute approximate surface area is 106 Å². The molecule has 0 aliphatic carbocycles. The molecule has 0 radical (unpaired) electrons. The van der Waals surface area contributed by atoms with Crippen molar-refractivity contribution in [2.75, 3.05) is 13.4 Å². The Balaban J connectivity index is 2.10. The highest BCUT2D eigenvalue weighted by atomic mass is 16.7. The van der Waals surface area contributed by atoms with Crippen LogP contribution in [0.5, 0.6) is 11.5 Å². The lowest BCUT2D eigenvalue weighted by Gasteiger charge is -2.25. The number of fused-ring (bicyclic) bond motifs is 1. The van der Waals surface area contributed by atoms with Gasteiger partial charge in [-0.3, -0.25) is 4.79 Å². The number of aliphatic hydroxyl groups excluding tert-OH is 1. The summed E-state index contributed by atoms with van der Waals surface area (Å²) in [6, 6.07) is 5.07. The fourth-order valence-electron chi connectivity index (χ4n) is 1.76. The van der Waals surface area contributed by atoms with Crippen LogP contribution in [0, 0.1) is 0 Å². The average molecular weight is 251 g/mol. The van der Waals surface area contributed by atoms with Crippen LogP contribution >= 0.6 is 0 Å². The number of rotatable bonds is 4. The van der Waals surface area contributed by atoms with Crippen LogP contribution in [0.25, 0.3) is 0 Å². The first kappa shape index (κ1) is 12.7. The predicted octanol–water partition coefficient (Wildman–Crippen LogP) is 1.31. The second-order valence-electron chi connectivity index (χ2n) is 4.88. The summed E-state index contributed by atoms with van der Waals surface area (Å²) in [6.07, 6.45) is 0.503. The highest BCUT2D eigenvalue weighted by Crippen LogP contribution is 2.32. The molecule has 0 saturated carbocycles. The highest BCUT2D eigenvalue weighted by molar-refractivity contribution is 5.95.